The Labute approximate surface area is 124 Å². The molecule has 0 aliphatic carbocycles. The summed E-state index contributed by atoms with van der Waals surface area (Å²) in [5, 5.41) is 3.03. The van der Waals surface area contributed by atoms with Gasteiger partial charge < -0.3 is 5.32 Å². The summed E-state index contributed by atoms with van der Waals surface area (Å²) in [6, 6.07) is 3.92. The number of aryl methyl sites for hydroxylation is 2. The van der Waals surface area contributed by atoms with E-state index in [0.717, 1.165) is 23.4 Å². The van der Waals surface area contributed by atoms with Gasteiger partial charge in [0.2, 0.25) is 5.91 Å². The van der Waals surface area contributed by atoms with Crippen molar-refractivity contribution in [3.63, 3.8) is 0 Å². The number of amides is 1. The van der Waals surface area contributed by atoms with Gasteiger partial charge in [0, 0.05) is 31.2 Å². The normalized spacial score (nSPS) is 11.9. The number of hydrogen-bond donors (Lipinski definition) is 1. The number of carbonyl (C=O) groups excluding carboxylic acids is 1. The molecule has 0 fully saturated rings. The van der Waals surface area contributed by atoms with E-state index in [9.17, 15) is 4.79 Å². The summed E-state index contributed by atoms with van der Waals surface area (Å²) >= 11 is 0. The van der Waals surface area contributed by atoms with E-state index in [1.807, 2.05) is 26.0 Å². The first-order valence-corrected chi connectivity index (χ1v) is 7.16. The van der Waals surface area contributed by atoms with Crippen molar-refractivity contribution < 1.29 is 4.79 Å². The Morgan fingerprint density at radius 2 is 2.14 bits per heavy atom. The van der Waals surface area contributed by atoms with Gasteiger partial charge in [0.05, 0.1) is 17.4 Å². The number of aromatic nitrogens is 3. The highest BCUT2D eigenvalue weighted by atomic mass is 16.1. The third kappa shape index (κ3) is 4.63. The van der Waals surface area contributed by atoms with Crippen LogP contribution in [-0.4, -0.2) is 20.9 Å². The highest BCUT2D eigenvalue weighted by Gasteiger charge is 2.14. The molecule has 21 heavy (non-hydrogen) atoms. The standard InChI is InChI=1S/C16H20N4O/c1-3-14(15-10-12(2)6-7-19-15)20-16(21)5-4-13-11-17-8-9-18-13/h6-11,14H,3-5H2,1-2H3,(H,20,21). The number of nitrogens with one attached hydrogen (secondary N) is 1. The van der Waals surface area contributed by atoms with Crippen molar-refractivity contribution in [2.24, 2.45) is 0 Å². The number of rotatable bonds is 6. The van der Waals surface area contributed by atoms with E-state index >= 15 is 0 Å². The van der Waals surface area contributed by atoms with Crippen LogP contribution in [0.5, 0.6) is 0 Å². The predicted octanol–water partition coefficient (Wildman–Crippen LogP) is 2.38. The Kier molecular flexibility index (Phi) is 5.37. The molecule has 2 rings (SSSR count). The van der Waals surface area contributed by atoms with Gasteiger partial charge in [-0.1, -0.05) is 6.92 Å². The quantitative estimate of drug-likeness (QED) is 0.884. The maximum atomic E-state index is 12.1. The Hall–Kier alpha value is -2.30. The molecule has 1 atom stereocenters. The van der Waals surface area contributed by atoms with Crippen LogP contribution in [0.1, 0.15) is 42.8 Å². The molecule has 2 heterocycles. The molecule has 0 saturated carbocycles. The van der Waals surface area contributed by atoms with Crippen LogP contribution in [0.4, 0.5) is 0 Å². The van der Waals surface area contributed by atoms with Crippen molar-refractivity contribution in [2.75, 3.05) is 0 Å². The van der Waals surface area contributed by atoms with Gasteiger partial charge in [-0.05, 0) is 37.5 Å². The molecule has 0 aromatic carbocycles. The molecule has 0 spiro atoms. The molecular weight excluding hydrogens is 264 g/mol. The summed E-state index contributed by atoms with van der Waals surface area (Å²) in [4.78, 5) is 24.6. The zero-order chi connectivity index (χ0) is 15.1. The summed E-state index contributed by atoms with van der Waals surface area (Å²) in [6.07, 6.45) is 8.54. The smallest absolute Gasteiger partial charge is 0.220 e. The third-order valence-corrected chi connectivity index (χ3v) is 3.26. The lowest BCUT2D eigenvalue weighted by Crippen LogP contribution is -2.29. The highest BCUT2D eigenvalue weighted by molar-refractivity contribution is 5.76. The van der Waals surface area contributed by atoms with Crippen LogP contribution in [-0.2, 0) is 11.2 Å². The van der Waals surface area contributed by atoms with Gasteiger partial charge in [-0.2, -0.15) is 0 Å². The van der Waals surface area contributed by atoms with E-state index in [1.54, 1.807) is 24.8 Å². The first-order chi connectivity index (χ1) is 10.2. The number of carbonyl (C=O) groups is 1. The summed E-state index contributed by atoms with van der Waals surface area (Å²) < 4.78 is 0. The fourth-order valence-corrected chi connectivity index (χ4v) is 2.10. The minimum absolute atomic E-state index is 0.0100. The second-order valence-corrected chi connectivity index (χ2v) is 4.98. The zero-order valence-electron chi connectivity index (χ0n) is 12.4. The number of pyridine rings is 1. The molecule has 2 aromatic heterocycles. The molecule has 1 amide bonds. The molecule has 1 unspecified atom stereocenters. The van der Waals surface area contributed by atoms with Gasteiger partial charge in [0.25, 0.3) is 0 Å². The first kappa shape index (κ1) is 15.1. The minimum Gasteiger partial charge on any atom is -0.348 e. The Morgan fingerprint density at radius 1 is 1.29 bits per heavy atom. The lowest BCUT2D eigenvalue weighted by molar-refractivity contribution is -0.121. The number of nitrogens with zero attached hydrogens (tertiary/aromatic N) is 3. The van der Waals surface area contributed by atoms with Gasteiger partial charge in [-0.15, -0.1) is 0 Å². The zero-order valence-corrected chi connectivity index (χ0v) is 12.4. The van der Waals surface area contributed by atoms with Crippen molar-refractivity contribution in [2.45, 2.75) is 39.2 Å². The van der Waals surface area contributed by atoms with E-state index in [4.69, 9.17) is 0 Å². The molecule has 5 nitrogen and oxygen atoms in total. The average Bonchev–Trinajstić information content (AvgIpc) is 2.51. The van der Waals surface area contributed by atoms with Gasteiger partial charge in [0.15, 0.2) is 0 Å². The molecule has 5 heteroatoms. The maximum Gasteiger partial charge on any atom is 0.220 e. The average molecular weight is 284 g/mol. The molecule has 0 aliphatic heterocycles. The molecule has 110 valence electrons. The number of hydrogen-bond acceptors (Lipinski definition) is 4. The van der Waals surface area contributed by atoms with Gasteiger partial charge in [-0.3, -0.25) is 19.7 Å². The van der Waals surface area contributed by atoms with Crippen LogP contribution < -0.4 is 5.32 Å². The monoisotopic (exact) mass is 284 g/mol. The van der Waals surface area contributed by atoms with E-state index in [1.165, 1.54) is 0 Å². The molecule has 2 aromatic rings. The second-order valence-electron chi connectivity index (χ2n) is 4.98. The van der Waals surface area contributed by atoms with Gasteiger partial charge >= 0.3 is 0 Å². The van der Waals surface area contributed by atoms with Crippen molar-refractivity contribution in [3.05, 3.63) is 53.9 Å². The van der Waals surface area contributed by atoms with Crippen LogP contribution in [0.25, 0.3) is 0 Å². The van der Waals surface area contributed by atoms with Crippen molar-refractivity contribution in [1.82, 2.24) is 20.3 Å². The summed E-state index contributed by atoms with van der Waals surface area (Å²) in [7, 11) is 0. The topological polar surface area (TPSA) is 67.8 Å². The fraction of sp³-hybridized carbons (Fsp3) is 0.375. The summed E-state index contributed by atoms with van der Waals surface area (Å²) in [6.45, 7) is 4.06. The Bertz CT molecular complexity index is 586. The van der Waals surface area contributed by atoms with E-state index in [2.05, 4.69) is 20.3 Å². The van der Waals surface area contributed by atoms with E-state index < -0.39 is 0 Å². The Balaban J connectivity index is 1.91. The first-order valence-electron chi connectivity index (χ1n) is 7.16. The van der Waals surface area contributed by atoms with Gasteiger partial charge in [-0.25, -0.2) is 0 Å². The van der Waals surface area contributed by atoms with E-state index in [-0.39, 0.29) is 11.9 Å². The molecule has 1 N–H and O–H groups in total. The van der Waals surface area contributed by atoms with E-state index in [0.29, 0.717) is 12.8 Å². The lowest BCUT2D eigenvalue weighted by Gasteiger charge is -2.16. The third-order valence-electron chi connectivity index (χ3n) is 3.26. The van der Waals surface area contributed by atoms with Crippen molar-refractivity contribution >= 4 is 5.91 Å². The molecular formula is C16H20N4O. The van der Waals surface area contributed by atoms with Crippen LogP contribution in [0.3, 0.4) is 0 Å². The Morgan fingerprint density at radius 3 is 2.81 bits per heavy atom. The lowest BCUT2D eigenvalue weighted by atomic mass is 10.1. The van der Waals surface area contributed by atoms with Gasteiger partial charge in [0.1, 0.15) is 0 Å². The predicted molar refractivity (Wildman–Crippen MR) is 80.5 cm³/mol. The van der Waals surface area contributed by atoms with Crippen molar-refractivity contribution in [3.8, 4) is 0 Å². The molecule has 0 aliphatic rings. The van der Waals surface area contributed by atoms with Crippen LogP contribution >= 0.6 is 0 Å². The maximum absolute atomic E-state index is 12.1. The summed E-state index contributed by atoms with van der Waals surface area (Å²) in [5.74, 6) is 0.0100. The van der Waals surface area contributed by atoms with Crippen LogP contribution in [0, 0.1) is 6.92 Å². The van der Waals surface area contributed by atoms with Crippen LogP contribution in [0.2, 0.25) is 0 Å². The second kappa shape index (κ2) is 7.47. The fourth-order valence-electron chi connectivity index (χ4n) is 2.10. The molecule has 0 saturated heterocycles. The highest BCUT2D eigenvalue weighted by Crippen LogP contribution is 2.15. The minimum atomic E-state index is -0.0424. The molecule has 0 bridgehead atoms. The van der Waals surface area contributed by atoms with Crippen molar-refractivity contribution in [1.29, 1.82) is 0 Å². The molecule has 0 radical (unpaired) electrons. The largest absolute Gasteiger partial charge is 0.348 e. The summed E-state index contributed by atoms with van der Waals surface area (Å²) in [5.41, 5.74) is 2.88. The van der Waals surface area contributed by atoms with Crippen LogP contribution in [0.15, 0.2) is 36.9 Å². The SMILES string of the molecule is CCC(NC(=O)CCc1cnccn1)c1cc(C)ccn1.